The third-order valence-corrected chi connectivity index (χ3v) is 10.5. The topological polar surface area (TPSA) is 98.7 Å². The Labute approximate surface area is 202 Å². The van der Waals surface area contributed by atoms with Gasteiger partial charge in [-0.05, 0) is 44.9 Å². The molecular formula is C25H41N3O4S. The van der Waals surface area contributed by atoms with E-state index in [4.69, 9.17) is 0 Å². The molecule has 3 N–H and O–H groups in total. The summed E-state index contributed by atoms with van der Waals surface area (Å²) in [6, 6.07) is -0.938. The highest BCUT2D eigenvalue weighted by atomic mass is 32.2. The van der Waals surface area contributed by atoms with Gasteiger partial charge in [-0.15, -0.1) is 11.8 Å². The molecule has 8 heteroatoms. The van der Waals surface area contributed by atoms with Crippen molar-refractivity contribution >= 4 is 29.5 Å². The summed E-state index contributed by atoms with van der Waals surface area (Å²) in [6.07, 6.45) is 7.79. The van der Waals surface area contributed by atoms with Gasteiger partial charge in [0, 0.05) is 17.3 Å². The van der Waals surface area contributed by atoms with E-state index in [1.807, 2.05) is 20.8 Å². The lowest BCUT2D eigenvalue weighted by Crippen LogP contribution is -2.59. The Morgan fingerprint density at radius 3 is 2.48 bits per heavy atom. The standard InChI is InChI=1S/C25H41N3O4S/c1-5-13-26-21(30)18-19-23(32)28(17(14-29)15(2)3)20(25(19)12-11-24(18,4)33-25)22(31)27-16-9-7-6-8-10-16/h15-20,29H,5-14H2,1-4H3,(H,26,30)(H,27,31)/t17-,18+,19-,20?,24-,25?/m0/s1. The Morgan fingerprint density at radius 1 is 1.18 bits per heavy atom. The predicted octanol–water partition coefficient (Wildman–Crippen LogP) is 2.46. The van der Waals surface area contributed by atoms with Crippen molar-refractivity contribution in [2.24, 2.45) is 17.8 Å². The minimum absolute atomic E-state index is 0.00399. The van der Waals surface area contributed by atoms with E-state index in [1.165, 1.54) is 6.42 Å². The Balaban J connectivity index is 1.72. The van der Waals surface area contributed by atoms with Crippen LogP contribution in [0, 0.1) is 17.8 Å². The lowest BCUT2D eigenvalue weighted by Gasteiger charge is -2.39. The molecule has 6 atom stereocenters. The van der Waals surface area contributed by atoms with Crippen LogP contribution in [-0.2, 0) is 14.4 Å². The molecule has 0 aromatic carbocycles. The third-order valence-electron chi connectivity index (χ3n) is 8.56. The van der Waals surface area contributed by atoms with E-state index in [9.17, 15) is 19.5 Å². The van der Waals surface area contributed by atoms with Crippen LogP contribution < -0.4 is 10.6 Å². The van der Waals surface area contributed by atoms with Gasteiger partial charge in [0.15, 0.2) is 0 Å². The SMILES string of the molecule is CCCNC(=O)[C@H]1[C@H]2C(=O)N([C@@H](CO)C(C)C)C(C(=O)NC3CCCCC3)C23CC[C@]1(C)S3. The van der Waals surface area contributed by atoms with Gasteiger partial charge in [0.05, 0.1) is 29.2 Å². The molecule has 0 radical (unpaired) electrons. The molecule has 3 aliphatic heterocycles. The normalized spacial score (nSPS) is 36.8. The third kappa shape index (κ3) is 3.99. The van der Waals surface area contributed by atoms with Crippen molar-refractivity contribution in [3.8, 4) is 0 Å². The zero-order chi connectivity index (χ0) is 24.0. The molecular weight excluding hydrogens is 438 g/mol. The van der Waals surface area contributed by atoms with Crippen molar-refractivity contribution < 1.29 is 19.5 Å². The summed E-state index contributed by atoms with van der Waals surface area (Å²) >= 11 is 1.70. The van der Waals surface area contributed by atoms with Gasteiger partial charge in [0.1, 0.15) is 6.04 Å². The Bertz CT molecular complexity index is 786. The predicted molar refractivity (Wildman–Crippen MR) is 130 cm³/mol. The van der Waals surface area contributed by atoms with E-state index in [0.717, 1.165) is 44.9 Å². The highest BCUT2D eigenvalue weighted by Crippen LogP contribution is 2.71. The van der Waals surface area contributed by atoms with Crippen LogP contribution in [0.15, 0.2) is 0 Å². The number of nitrogens with zero attached hydrogens (tertiary/aromatic N) is 1. The molecule has 7 nitrogen and oxygen atoms in total. The largest absolute Gasteiger partial charge is 0.394 e. The van der Waals surface area contributed by atoms with Gasteiger partial charge in [-0.25, -0.2) is 0 Å². The van der Waals surface area contributed by atoms with Crippen LogP contribution in [0.5, 0.6) is 0 Å². The van der Waals surface area contributed by atoms with Crippen LogP contribution in [0.1, 0.15) is 79.1 Å². The first kappa shape index (κ1) is 24.8. The monoisotopic (exact) mass is 479 g/mol. The quantitative estimate of drug-likeness (QED) is 0.497. The van der Waals surface area contributed by atoms with E-state index in [2.05, 4.69) is 17.6 Å². The zero-order valence-corrected chi connectivity index (χ0v) is 21.4. The highest BCUT2D eigenvalue weighted by Gasteiger charge is 2.77. The van der Waals surface area contributed by atoms with Crippen LogP contribution in [0.4, 0.5) is 0 Å². The molecule has 3 heterocycles. The average molecular weight is 480 g/mol. The summed E-state index contributed by atoms with van der Waals surface area (Å²) in [6.45, 7) is 8.47. The van der Waals surface area contributed by atoms with Crippen molar-refractivity contribution in [1.29, 1.82) is 0 Å². The van der Waals surface area contributed by atoms with Crippen LogP contribution in [0.2, 0.25) is 0 Å². The summed E-state index contributed by atoms with van der Waals surface area (Å²) in [7, 11) is 0. The van der Waals surface area contributed by atoms with E-state index in [0.29, 0.717) is 6.54 Å². The highest BCUT2D eigenvalue weighted by molar-refractivity contribution is 8.02. The molecule has 2 unspecified atom stereocenters. The first-order valence-electron chi connectivity index (χ1n) is 12.9. The molecule has 1 saturated carbocycles. The summed E-state index contributed by atoms with van der Waals surface area (Å²) in [5.41, 5.74) is 0. The lowest BCUT2D eigenvalue weighted by molar-refractivity contribution is -0.144. The van der Waals surface area contributed by atoms with E-state index in [-0.39, 0.29) is 41.0 Å². The molecule has 4 fully saturated rings. The van der Waals surface area contributed by atoms with Crippen LogP contribution in [0.25, 0.3) is 0 Å². The Kier molecular flexibility index (Phi) is 7.08. The fourth-order valence-electron chi connectivity index (χ4n) is 6.93. The molecule has 1 aliphatic carbocycles. The molecule has 2 bridgehead atoms. The number of hydrogen-bond acceptors (Lipinski definition) is 5. The van der Waals surface area contributed by atoms with E-state index < -0.39 is 28.7 Å². The van der Waals surface area contributed by atoms with E-state index >= 15 is 0 Å². The fraction of sp³-hybridized carbons (Fsp3) is 0.880. The van der Waals surface area contributed by atoms with Gasteiger partial charge in [0.2, 0.25) is 17.7 Å². The lowest BCUT2D eigenvalue weighted by atomic mass is 9.66. The molecule has 1 spiro atoms. The van der Waals surface area contributed by atoms with Gasteiger partial charge in [-0.1, -0.05) is 40.0 Å². The number of hydrogen-bond donors (Lipinski definition) is 3. The maximum atomic E-state index is 14.1. The van der Waals surface area contributed by atoms with Crippen molar-refractivity contribution in [3.63, 3.8) is 0 Å². The fourth-order valence-corrected chi connectivity index (χ4v) is 9.27. The summed E-state index contributed by atoms with van der Waals surface area (Å²) in [4.78, 5) is 42.9. The minimum Gasteiger partial charge on any atom is -0.394 e. The van der Waals surface area contributed by atoms with Gasteiger partial charge < -0.3 is 20.6 Å². The van der Waals surface area contributed by atoms with Crippen molar-refractivity contribution in [2.45, 2.75) is 107 Å². The number of rotatable bonds is 8. The van der Waals surface area contributed by atoms with Crippen LogP contribution in [0.3, 0.4) is 0 Å². The number of thioether (sulfide) groups is 1. The zero-order valence-electron chi connectivity index (χ0n) is 20.6. The van der Waals surface area contributed by atoms with E-state index in [1.54, 1.807) is 16.7 Å². The number of amides is 3. The second kappa shape index (κ2) is 9.40. The summed E-state index contributed by atoms with van der Waals surface area (Å²) in [5, 5.41) is 16.6. The Hall–Kier alpha value is -1.28. The maximum Gasteiger partial charge on any atom is 0.244 e. The number of fused-ring (bicyclic) bond motifs is 1. The molecule has 0 aromatic rings. The minimum atomic E-state index is -0.646. The number of aliphatic hydroxyl groups is 1. The number of aliphatic hydroxyl groups excluding tert-OH is 1. The molecule has 4 rings (SSSR count). The summed E-state index contributed by atoms with van der Waals surface area (Å²) < 4.78 is -0.957. The van der Waals surface area contributed by atoms with Crippen LogP contribution in [-0.4, -0.2) is 68.5 Å². The average Bonchev–Trinajstić information content (AvgIpc) is 3.34. The molecule has 33 heavy (non-hydrogen) atoms. The molecule has 0 aromatic heterocycles. The second-order valence-corrected chi connectivity index (χ2v) is 13.0. The summed E-state index contributed by atoms with van der Waals surface area (Å²) in [5.74, 6) is -1.25. The van der Waals surface area contributed by atoms with Gasteiger partial charge >= 0.3 is 0 Å². The maximum absolute atomic E-state index is 14.1. The number of nitrogens with one attached hydrogen (secondary N) is 2. The van der Waals surface area contributed by atoms with Gasteiger partial charge in [0.25, 0.3) is 0 Å². The number of carbonyl (C=O) groups is 3. The van der Waals surface area contributed by atoms with Gasteiger partial charge in [-0.2, -0.15) is 0 Å². The number of likely N-dealkylation sites (tertiary alicyclic amines) is 1. The second-order valence-electron chi connectivity index (χ2n) is 11.1. The molecule has 3 amide bonds. The van der Waals surface area contributed by atoms with Gasteiger partial charge in [-0.3, -0.25) is 14.4 Å². The first-order valence-corrected chi connectivity index (χ1v) is 13.7. The van der Waals surface area contributed by atoms with Crippen molar-refractivity contribution in [2.75, 3.05) is 13.2 Å². The number of carbonyl (C=O) groups excluding carboxylic acids is 3. The van der Waals surface area contributed by atoms with Crippen molar-refractivity contribution in [1.82, 2.24) is 15.5 Å². The molecule has 4 aliphatic rings. The molecule has 3 saturated heterocycles. The van der Waals surface area contributed by atoms with Crippen LogP contribution >= 0.6 is 11.8 Å². The first-order chi connectivity index (χ1) is 15.7. The smallest absolute Gasteiger partial charge is 0.244 e. The van der Waals surface area contributed by atoms with Crippen molar-refractivity contribution in [3.05, 3.63) is 0 Å². The molecule has 186 valence electrons. The Morgan fingerprint density at radius 2 is 1.88 bits per heavy atom.